The predicted octanol–water partition coefficient (Wildman–Crippen LogP) is 3.97. The molecule has 0 radical (unpaired) electrons. The summed E-state index contributed by atoms with van der Waals surface area (Å²) in [4.78, 5) is 18.8. The van der Waals surface area contributed by atoms with E-state index in [1.807, 2.05) is 49.5 Å². The molecule has 0 saturated heterocycles. The van der Waals surface area contributed by atoms with Crippen LogP contribution in [0.25, 0.3) is 0 Å². The lowest BCUT2D eigenvalue weighted by Gasteiger charge is -2.30. The van der Waals surface area contributed by atoms with Gasteiger partial charge in [-0.2, -0.15) is 0 Å². The van der Waals surface area contributed by atoms with E-state index in [4.69, 9.17) is 4.74 Å². The molecule has 1 aliphatic rings. The van der Waals surface area contributed by atoms with Crippen LogP contribution in [-0.2, 0) is 17.8 Å². The number of rotatable bonds is 5. The minimum absolute atomic E-state index is 0.0462. The van der Waals surface area contributed by atoms with Crippen LogP contribution in [0.1, 0.15) is 16.7 Å². The molecule has 1 amide bonds. The average molecular weight is 373 g/mol. The third-order valence-corrected chi connectivity index (χ3v) is 4.90. The molecule has 0 bridgehead atoms. The van der Waals surface area contributed by atoms with E-state index >= 15 is 0 Å². The number of aryl methyl sites for hydroxylation is 1. The van der Waals surface area contributed by atoms with Crippen LogP contribution in [0.2, 0.25) is 0 Å². The van der Waals surface area contributed by atoms with Gasteiger partial charge >= 0.3 is 0 Å². The molecule has 2 aromatic carbocycles. The molecule has 28 heavy (non-hydrogen) atoms. The fourth-order valence-corrected chi connectivity index (χ4v) is 3.33. The monoisotopic (exact) mass is 373 g/mol. The number of benzene rings is 2. The summed E-state index contributed by atoms with van der Waals surface area (Å²) in [6.07, 6.45) is 2.84. The first kappa shape index (κ1) is 18.0. The fourth-order valence-electron chi connectivity index (χ4n) is 3.33. The molecule has 1 aliphatic heterocycles. The van der Waals surface area contributed by atoms with Crippen LogP contribution in [0, 0.1) is 6.92 Å². The fraction of sp³-hybridized carbons (Fsp3) is 0.217. The van der Waals surface area contributed by atoms with Crippen molar-refractivity contribution in [3.63, 3.8) is 0 Å². The SMILES string of the molecule is Cc1ccc(OCC(=O)Nc2ccc(N3CCc4ccccc4C3)cn2)cc1. The van der Waals surface area contributed by atoms with Gasteiger partial charge in [0, 0.05) is 13.1 Å². The number of anilines is 2. The maximum Gasteiger partial charge on any atom is 0.263 e. The Morgan fingerprint density at radius 2 is 1.86 bits per heavy atom. The van der Waals surface area contributed by atoms with Crippen LogP contribution in [-0.4, -0.2) is 24.0 Å². The number of carbonyl (C=O) groups excluding carboxylic acids is 1. The molecule has 0 aliphatic carbocycles. The quantitative estimate of drug-likeness (QED) is 0.735. The van der Waals surface area contributed by atoms with E-state index in [-0.39, 0.29) is 12.5 Å². The topological polar surface area (TPSA) is 54.5 Å². The highest BCUT2D eigenvalue weighted by Gasteiger charge is 2.16. The van der Waals surface area contributed by atoms with Crippen molar-refractivity contribution in [2.24, 2.45) is 0 Å². The zero-order chi connectivity index (χ0) is 19.3. The third-order valence-electron chi connectivity index (χ3n) is 4.90. The van der Waals surface area contributed by atoms with E-state index < -0.39 is 0 Å². The molecule has 0 unspecified atom stereocenters. The van der Waals surface area contributed by atoms with Gasteiger partial charge in [0.15, 0.2) is 6.61 Å². The van der Waals surface area contributed by atoms with Crippen molar-refractivity contribution in [2.45, 2.75) is 19.9 Å². The Hall–Kier alpha value is -3.34. The Balaban J connectivity index is 1.32. The molecule has 1 N–H and O–H groups in total. The summed E-state index contributed by atoms with van der Waals surface area (Å²) >= 11 is 0. The highest BCUT2D eigenvalue weighted by molar-refractivity contribution is 5.91. The Morgan fingerprint density at radius 1 is 1.07 bits per heavy atom. The number of amides is 1. The van der Waals surface area contributed by atoms with E-state index in [0.29, 0.717) is 11.6 Å². The number of nitrogens with zero attached hydrogens (tertiary/aromatic N) is 2. The van der Waals surface area contributed by atoms with Crippen molar-refractivity contribution in [3.8, 4) is 5.75 Å². The first-order valence-corrected chi connectivity index (χ1v) is 9.44. The minimum Gasteiger partial charge on any atom is -0.484 e. The summed E-state index contributed by atoms with van der Waals surface area (Å²) in [5.41, 5.74) is 4.99. The van der Waals surface area contributed by atoms with Crippen LogP contribution in [0.15, 0.2) is 66.9 Å². The number of nitrogens with one attached hydrogen (secondary N) is 1. The van der Waals surface area contributed by atoms with Gasteiger partial charge in [0.2, 0.25) is 0 Å². The molecule has 0 saturated carbocycles. The summed E-state index contributed by atoms with van der Waals surface area (Å²) in [7, 11) is 0. The summed E-state index contributed by atoms with van der Waals surface area (Å²) in [5.74, 6) is 0.973. The van der Waals surface area contributed by atoms with Crippen molar-refractivity contribution in [3.05, 3.63) is 83.6 Å². The zero-order valence-electron chi connectivity index (χ0n) is 15.9. The van der Waals surface area contributed by atoms with E-state index in [0.717, 1.165) is 30.8 Å². The van der Waals surface area contributed by atoms with Crippen molar-refractivity contribution in [2.75, 3.05) is 23.4 Å². The Bertz CT molecular complexity index is 952. The van der Waals surface area contributed by atoms with Crippen molar-refractivity contribution in [1.29, 1.82) is 0 Å². The second-order valence-electron chi connectivity index (χ2n) is 6.99. The second-order valence-corrected chi connectivity index (χ2v) is 6.99. The maximum absolute atomic E-state index is 12.1. The molecule has 1 aromatic heterocycles. The molecular weight excluding hydrogens is 350 g/mol. The Morgan fingerprint density at radius 3 is 2.61 bits per heavy atom. The van der Waals surface area contributed by atoms with Crippen LogP contribution >= 0.6 is 0 Å². The van der Waals surface area contributed by atoms with Gasteiger partial charge in [-0.15, -0.1) is 0 Å². The zero-order valence-corrected chi connectivity index (χ0v) is 15.9. The normalized spacial score (nSPS) is 13.0. The molecule has 5 heteroatoms. The lowest BCUT2D eigenvalue weighted by atomic mass is 10.00. The molecule has 5 nitrogen and oxygen atoms in total. The first-order chi connectivity index (χ1) is 13.7. The van der Waals surface area contributed by atoms with Crippen LogP contribution in [0.5, 0.6) is 5.75 Å². The van der Waals surface area contributed by atoms with E-state index in [1.165, 1.54) is 11.1 Å². The highest BCUT2D eigenvalue weighted by Crippen LogP contribution is 2.24. The van der Waals surface area contributed by atoms with Crippen molar-refractivity contribution in [1.82, 2.24) is 4.98 Å². The van der Waals surface area contributed by atoms with Gasteiger partial charge < -0.3 is 15.0 Å². The largest absolute Gasteiger partial charge is 0.484 e. The number of aromatic nitrogens is 1. The van der Waals surface area contributed by atoms with Crippen LogP contribution in [0.3, 0.4) is 0 Å². The third kappa shape index (κ3) is 4.31. The van der Waals surface area contributed by atoms with Gasteiger partial charge in [0.05, 0.1) is 11.9 Å². The second kappa shape index (κ2) is 8.13. The van der Waals surface area contributed by atoms with E-state index in [1.54, 1.807) is 0 Å². The molecule has 142 valence electrons. The number of pyridine rings is 1. The Labute approximate surface area is 165 Å². The standard InChI is InChI=1S/C23H23N3O2/c1-17-6-9-21(10-7-17)28-16-23(27)25-22-11-8-20(14-24-22)26-13-12-18-4-2-3-5-19(18)15-26/h2-11,14H,12-13,15-16H2,1H3,(H,24,25,27). The van der Waals surface area contributed by atoms with Gasteiger partial charge in [-0.05, 0) is 48.7 Å². The van der Waals surface area contributed by atoms with Gasteiger partial charge in [-0.1, -0.05) is 42.0 Å². The molecule has 2 heterocycles. The van der Waals surface area contributed by atoms with Crippen molar-refractivity contribution < 1.29 is 9.53 Å². The smallest absolute Gasteiger partial charge is 0.263 e. The summed E-state index contributed by atoms with van der Waals surface area (Å²) in [6.45, 7) is 3.81. The van der Waals surface area contributed by atoms with E-state index in [9.17, 15) is 4.79 Å². The van der Waals surface area contributed by atoms with Gasteiger partial charge in [0.25, 0.3) is 5.91 Å². The highest BCUT2D eigenvalue weighted by atomic mass is 16.5. The molecule has 0 atom stereocenters. The predicted molar refractivity (Wildman–Crippen MR) is 111 cm³/mol. The number of carbonyl (C=O) groups is 1. The molecule has 3 aromatic rings. The molecule has 0 spiro atoms. The number of fused-ring (bicyclic) bond motifs is 1. The van der Waals surface area contributed by atoms with E-state index in [2.05, 4.69) is 39.5 Å². The lowest BCUT2D eigenvalue weighted by molar-refractivity contribution is -0.118. The Kier molecular flexibility index (Phi) is 5.24. The van der Waals surface area contributed by atoms with Crippen LogP contribution < -0.4 is 15.0 Å². The molecular formula is C23H23N3O2. The first-order valence-electron chi connectivity index (χ1n) is 9.44. The summed E-state index contributed by atoms with van der Waals surface area (Å²) in [6, 6.07) is 20.0. The van der Waals surface area contributed by atoms with Gasteiger partial charge in [-0.25, -0.2) is 4.98 Å². The lowest BCUT2D eigenvalue weighted by Crippen LogP contribution is -2.30. The number of hydrogen-bond donors (Lipinski definition) is 1. The number of ether oxygens (including phenoxy) is 1. The average Bonchev–Trinajstić information content (AvgIpc) is 2.73. The molecule has 4 rings (SSSR count). The van der Waals surface area contributed by atoms with Crippen molar-refractivity contribution >= 4 is 17.4 Å². The molecule has 0 fully saturated rings. The maximum atomic E-state index is 12.1. The summed E-state index contributed by atoms with van der Waals surface area (Å²) < 4.78 is 5.50. The number of hydrogen-bond acceptors (Lipinski definition) is 4. The van der Waals surface area contributed by atoms with Gasteiger partial charge in [-0.3, -0.25) is 4.79 Å². The minimum atomic E-state index is -0.229. The van der Waals surface area contributed by atoms with Crippen LogP contribution in [0.4, 0.5) is 11.5 Å². The summed E-state index contributed by atoms with van der Waals surface area (Å²) in [5, 5.41) is 2.78. The van der Waals surface area contributed by atoms with Gasteiger partial charge in [0.1, 0.15) is 11.6 Å².